The Hall–Kier alpha value is -3.02. The fraction of sp³-hybridized carbons (Fsp3) is 0.238. The van der Waals surface area contributed by atoms with E-state index in [1.54, 1.807) is 0 Å². The Balaban J connectivity index is 1.82. The smallest absolute Gasteiger partial charge is 0.419 e. The molecule has 6 heteroatoms. The first-order valence-electron chi connectivity index (χ1n) is 8.59. The number of halogens is 2. The van der Waals surface area contributed by atoms with Crippen molar-refractivity contribution in [2.24, 2.45) is 0 Å². The zero-order chi connectivity index (χ0) is 19.6. The van der Waals surface area contributed by atoms with E-state index in [4.69, 9.17) is 4.74 Å². The van der Waals surface area contributed by atoms with Crippen molar-refractivity contribution in [2.75, 3.05) is 0 Å². The molecule has 1 aromatic heterocycles. The summed E-state index contributed by atoms with van der Waals surface area (Å²) in [6, 6.07) is 9.48. The predicted molar refractivity (Wildman–Crippen MR) is 97.6 cm³/mol. The molecule has 0 aliphatic rings. The van der Waals surface area contributed by atoms with Gasteiger partial charge in [-0.15, -0.1) is 0 Å². The number of hydrogen-bond acceptors (Lipinski definition) is 3. The zero-order valence-electron chi connectivity index (χ0n) is 15.4. The molecule has 0 fully saturated rings. The highest BCUT2D eigenvalue weighted by Gasteiger charge is 2.21. The zero-order valence-corrected chi connectivity index (χ0v) is 15.4. The molecular weight excluding hydrogens is 350 g/mol. The number of aryl methyl sites for hydroxylation is 1. The summed E-state index contributed by atoms with van der Waals surface area (Å²) in [6.45, 7) is 5.50. The highest BCUT2D eigenvalue weighted by atomic mass is 19.1. The maximum Gasteiger partial charge on any atom is 0.419 e. The van der Waals surface area contributed by atoms with E-state index >= 15 is 0 Å². The van der Waals surface area contributed by atoms with Gasteiger partial charge in [-0.3, -0.25) is 0 Å². The second-order valence-corrected chi connectivity index (χ2v) is 6.42. The highest BCUT2D eigenvalue weighted by Crippen LogP contribution is 2.27. The quantitative estimate of drug-likeness (QED) is 0.641. The van der Waals surface area contributed by atoms with Crippen LogP contribution in [0, 0.1) is 25.5 Å². The molecule has 1 heterocycles. The van der Waals surface area contributed by atoms with Crippen molar-refractivity contribution in [3.63, 3.8) is 0 Å². The molecule has 0 saturated heterocycles. The van der Waals surface area contributed by atoms with Crippen LogP contribution in [-0.2, 0) is 11.3 Å². The summed E-state index contributed by atoms with van der Waals surface area (Å²) in [5.74, 6) is -1.16. The number of carbonyl (C=O) groups is 1. The van der Waals surface area contributed by atoms with Gasteiger partial charge in [-0.2, -0.15) is 0 Å². The largest absolute Gasteiger partial charge is 0.444 e. The Kier molecular flexibility index (Phi) is 5.35. The van der Waals surface area contributed by atoms with Crippen LogP contribution in [0.1, 0.15) is 40.9 Å². The summed E-state index contributed by atoms with van der Waals surface area (Å²) < 4.78 is 33.8. The van der Waals surface area contributed by atoms with Gasteiger partial charge in [0.25, 0.3) is 0 Å². The maximum absolute atomic E-state index is 13.7. The average molecular weight is 370 g/mol. The summed E-state index contributed by atoms with van der Waals surface area (Å²) in [5, 5.41) is 0. The van der Waals surface area contributed by atoms with Crippen molar-refractivity contribution >= 4 is 6.09 Å². The Bertz CT molecular complexity index is 962. The molecule has 0 aliphatic carbocycles. The molecule has 4 nitrogen and oxygen atoms in total. The molecule has 2 aromatic carbocycles. The van der Waals surface area contributed by atoms with Gasteiger partial charge in [-0.05, 0) is 42.7 Å². The second-order valence-electron chi connectivity index (χ2n) is 6.42. The SMILES string of the molecule is Cc1cccc([C@H](C)c2nccn2C(=O)OCc2c(F)cccc2F)c1C. The van der Waals surface area contributed by atoms with Gasteiger partial charge in [0.2, 0.25) is 0 Å². The Labute approximate surface area is 156 Å². The van der Waals surface area contributed by atoms with Crippen molar-refractivity contribution in [1.82, 2.24) is 9.55 Å². The van der Waals surface area contributed by atoms with E-state index in [1.807, 2.05) is 39.0 Å². The third kappa shape index (κ3) is 3.74. The lowest BCUT2D eigenvalue weighted by Gasteiger charge is -2.17. The van der Waals surface area contributed by atoms with Crippen LogP contribution in [0.3, 0.4) is 0 Å². The van der Waals surface area contributed by atoms with E-state index in [0.29, 0.717) is 5.82 Å². The molecule has 0 N–H and O–H groups in total. The molecule has 0 unspecified atom stereocenters. The molecule has 3 aromatic rings. The van der Waals surface area contributed by atoms with Crippen LogP contribution < -0.4 is 0 Å². The minimum atomic E-state index is -0.752. The maximum atomic E-state index is 13.7. The van der Waals surface area contributed by atoms with Crippen molar-refractivity contribution in [3.8, 4) is 0 Å². The fourth-order valence-electron chi connectivity index (χ4n) is 3.05. The van der Waals surface area contributed by atoms with Crippen molar-refractivity contribution in [2.45, 2.75) is 33.3 Å². The Morgan fingerprint density at radius 2 is 1.81 bits per heavy atom. The number of ether oxygens (including phenoxy) is 1. The molecular formula is C21H20F2N2O2. The summed E-state index contributed by atoms with van der Waals surface area (Å²) >= 11 is 0. The molecule has 0 aliphatic heterocycles. The number of benzene rings is 2. The molecule has 0 bridgehead atoms. The lowest BCUT2D eigenvalue weighted by atomic mass is 9.93. The summed E-state index contributed by atoms with van der Waals surface area (Å²) in [6.07, 6.45) is 2.25. The van der Waals surface area contributed by atoms with Gasteiger partial charge < -0.3 is 4.74 Å². The molecule has 140 valence electrons. The lowest BCUT2D eigenvalue weighted by Crippen LogP contribution is -2.18. The molecule has 27 heavy (non-hydrogen) atoms. The molecule has 0 saturated carbocycles. The fourth-order valence-corrected chi connectivity index (χ4v) is 3.05. The number of nitrogens with zero attached hydrogens (tertiary/aromatic N) is 2. The van der Waals surface area contributed by atoms with E-state index in [2.05, 4.69) is 4.98 Å². The monoisotopic (exact) mass is 370 g/mol. The van der Waals surface area contributed by atoms with Gasteiger partial charge in [0.05, 0.1) is 5.56 Å². The van der Waals surface area contributed by atoms with Crippen molar-refractivity contribution < 1.29 is 18.3 Å². The van der Waals surface area contributed by atoms with Crippen LogP contribution >= 0.6 is 0 Å². The normalized spacial score (nSPS) is 12.0. The van der Waals surface area contributed by atoms with Gasteiger partial charge in [0.1, 0.15) is 24.1 Å². The topological polar surface area (TPSA) is 44.1 Å². The van der Waals surface area contributed by atoms with E-state index in [1.165, 1.54) is 23.0 Å². The molecule has 0 radical (unpaired) electrons. The highest BCUT2D eigenvalue weighted by molar-refractivity contribution is 5.71. The lowest BCUT2D eigenvalue weighted by molar-refractivity contribution is 0.137. The third-order valence-corrected chi connectivity index (χ3v) is 4.77. The van der Waals surface area contributed by atoms with Crippen LogP contribution in [0.25, 0.3) is 0 Å². The Morgan fingerprint density at radius 1 is 1.15 bits per heavy atom. The summed E-state index contributed by atoms with van der Waals surface area (Å²) in [7, 11) is 0. The Morgan fingerprint density at radius 3 is 2.52 bits per heavy atom. The van der Waals surface area contributed by atoms with E-state index in [0.717, 1.165) is 28.8 Å². The first-order valence-corrected chi connectivity index (χ1v) is 8.59. The number of hydrogen-bond donors (Lipinski definition) is 0. The van der Waals surface area contributed by atoms with Gasteiger partial charge >= 0.3 is 6.09 Å². The van der Waals surface area contributed by atoms with Crippen LogP contribution in [0.4, 0.5) is 13.6 Å². The molecule has 0 spiro atoms. The average Bonchev–Trinajstić information content (AvgIpc) is 3.13. The van der Waals surface area contributed by atoms with E-state index < -0.39 is 24.3 Å². The molecule has 0 amide bonds. The number of rotatable bonds is 4. The van der Waals surface area contributed by atoms with Crippen LogP contribution in [-0.4, -0.2) is 15.6 Å². The summed E-state index contributed by atoms with van der Waals surface area (Å²) in [4.78, 5) is 16.8. The van der Waals surface area contributed by atoms with Gasteiger partial charge in [0.15, 0.2) is 0 Å². The summed E-state index contributed by atoms with van der Waals surface area (Å²) in [5.41, 5.74) is 3.04. The molecule has 3 rings (SSSR count). The van der Waals surface area contributed by atoms with Crippen molar-refractivity contribution in [3.05, 3.63) is 88.5 Å². The second kappa shape index (κ2) is 7.70. The third-order valence-electron chi connectivity index (χ3n) is 4.77. The van der Waals surface area contributed by atoms with E-state index in [9.17, 15) is 13.6 Å². The first-order chi connectivity index (χ1) is 12.9. The number of carbonyl (C=O) groups excluding carboxylic acids is 1. The first kappa shape index (κ1) is 18.8. The van der Waals surface area contributed by atoms with Gasteiger partial charge in [-0.25, -0.2) is 23.1 Å². The predicted octanol–water partition coefficient (Wildman–Crippen LogP) is 5.11. The van der Waals surface area contributed by atoms with Gasteiger partial charge in [0, 0.05) is 18.3 Å². The van der Waals surface area contributed by atoms with Crippen LogP contribution in [0.5, 0.6) is 0 Å². The van der Waals surface area contributed by atoms with Gasteiger partial charge in [-0.1, -0.05) is 31.2 Å². The van der Waals surface area contributed by atoms with E-state index in [-0.39, 0.29) is 11.5 Å². The molecule has 1 atom stereocenters. The minimum absolute atomic E-state index is 0.155. The van der Waals surface area contributed by atoms with Crippen molar-refractivity contribution in [1.29, 1.82) is 0 Å². The number of imidazole rings is 1. The van der Waals surface area contributed by atoms with Crippen LogP contribution in [0.15, 0.2) is 48.8 Å². The number of aromatic nitrogens is 2. The standard InChI is InChI=1S/C21H20F2N2O2/c1-13-6-4-7-16(14(13)2)15(3)20-24-10-11-25(20)21(26)27-12-17-18(22)8-5-9-19(17)23/h4-11,15H,12H2,1-3H3/t15-/m0/s1. The van der Waals surface area contributed by atoms with Crippen LogP contribution in [0.2, 0.25) is 0 Å². The minimum Gasteiger partial charge on any atom is -0.444 e.